The van der Waals surface area contributed by atoms with Crippen LogP contribution in [0.1, 0.15) is 91.9 Å². The summed E-state index contributed by atoms with van der Waals surface area (Å²) in [6.45, 7) is 11.1. The summed E-state index contributed by atoms with van der Waals surface area (Å²) in [5.41, 5.74) is 0. The van der Waals surface area contributed by atoms with Crippen molar-refractivity contribution in [2.24, 2.45) is 17.8 Å². The third-order valence-corrected chi connectivity index (χ3v) is 5.59. The molecule has 0 aromatic rings. The number of rotatable bonds is 12. The molecule has 130 valence electrons. The lowest BCUT2D eigenvalue weighted by Gasteiger charge is -2.24. The van der Waals surface area contributed by atoms with Gasteiger partial charge in [0.1, 0.15) is 0 Å². The van der Waals surface area contributed by atoms with Gasteiger partial charge in [-0.05, 0) is 31.1 Å². The molecule has 3 atom stereocenters. The Morgan fingerprint density at radius 3 is 2.14 bits per heavy atom. The fourth-order valence-corrected chi connectivity index (χ4v) is 3.82. The maximum Gasteiger partial charge on any atom is 0.225 e. The molecule has 0 spiro atoms. The van der Waals surface area contributed by atoms with Crippen molar-refractivity contribution in [1.29, 1.82) is 0 Å². The van der Waals surface area contributed by atoms with Crippen LogP contribution >= 0.6 is 0 Å². The minimum absolute atomic E-state index is 0.325. The second-order valence-electron chi connectivity index (χ2n) is 7.34. The van der Waals surface area contributed by atoms with Crippen LogP contribution in [0, 0.1) is 17.8 Å². The average molecular weight is 310 g/mol. The Balaban J connectivity index is 2.43. The van der Waals surface area contributed by atoms with Gasteiger partial charge in [-0.15, -0.1) is 0 Å². The SMILES string of the molecule is CCCCC(CC)CC1CCN(CC(CC)CCCC)C1=O. The zero-order valence-corrected chi connectivity index (χ0v) is 15.6. The van der Waals surface area contributed by atoms with Gasteiger partial charge in [0.2, 0.25) is 5.91 Å². The van der Waals surface area contributed by atoms with E-state index in [1.165, 1.54) is 51.4 Å². The Hall–Kier alpha value is -0.530. The van der Waals surface area contributed by atoms with Gasteiger partial charge in [-0.1, -0.05) is 72.6 Å². The summed E-state index contributed by atoms with van der Waals surface area (Å²) in [6.07, 6.45) is 12.4. The minimum Gasteiger partial charge on any atom is -0.342 e. The van der Waals surface area contributed by atoms with E-state index in [4.69, 9.17) is 0 Å². The highest BCUT2D eigenvalue weighted by molar-refractivity contribution is 5.80. The summed E-state index contributed by atoms with van der Waals surface area (Å²) in [4.78, 5) is 14.9. The lowest BCUT2D eigenvalue weighted by molar-refractivity contribution is -0.132. The number of unbranched alkanes of at least 4 members (excludes halogenated alkanes) is 2. The van der Waals surface area contributed by atoms with Gasteiger partial charge in [-0.2, -0.15) is 0 Å². The molecular formula is C20H39NO. The average Bonchev–Trinajstić information content (AvgIpc) is 2.88. The van der Waals surface area contributed by atoms with E-state index in [0.717, 1.165) is 31.8 Å². The van der Waals surface area contributed by atoms with E-state index in [0.29, 0.717) is 17.7 Å². The van der Waals surface area contributed by atoms with E-state index in [-0.39, 0.29) is 0 Å². The van der Waals surface area contributed by atoms with Crippen molar-refractivity contribution in [2.45, 2.75) is 91.9 Å². The third-order valence-electron chi connectivity index (χ3n) is 5.59. The predicted molar refractivity (Wildman–Crippen MR) is 95.9 cm³/mol. The largest absolute Gasteiger partial charge is 0.342 e. The third kappa shape index (κ3) is 6.30. The van der Waals surface area contributed by atoms with Crippen LogP contribution in [0.25, 0.3) is 0 Å². The van der Waals surface area contributed by atoms with Gasteiger partial charge >= 0.3 is 0 Å². The standard InChI is InChI=1S/C20H39NO/c1-5-9-11-17(7-3)15-19-13-14-21(20(19)22)16-18(8-4)12-10-6-2/h17-19H,5-16H2,1-4H3. The van der Waals surface area contributed by atoms with Crippen molar-refractivity contribution in [1.82, 2.24) is 4.90 Å². The molecule has 22 heavy (non-hydrogen) atoms. The van der Waals surface area contributed by atoms with Crippen LogP contribution in [0.5, 0.6) is 0 Å². The van der Waals surface area contributed by atoms with Gasteiger partial charge in [0.05, 0.1) is 0 Å². The molecular weight excluding hydrogens is 270 g/mol. The van der Waals surface area contributed by atoms with E-state index in [2.05, 4.69) is 32.6 Å². The van der Waals surface area contributed by atoms with E-state index < -0.39 is 0 Å². The molecule has 1 heterocycles. The van der Waals surface area contributed by atoms with Crippen molar-refractivity contribution < 1.29 is 4.79 Å². The normalized spacial score (nSPS) is 21.4. The number of nitrogens with zero attached hydrogens (tertiary/aromatic N) is 1. The molecule has 1 aliphatic rings. The molecule has 1 fully saturated rings. The summed E-state index contributed by atoms with van der Waals surface area (Å²) >= 11 is 0. The van der Waals surface area contributed by atoms with Crippen molar-refractivity contribution in [3.05, 3.63) is 0 Å². The van der Waals surface area contributed by atoms with Crippen LogP contribution in [-0.4, -0.2) is 23.9 Å². The Bertz CT molecular complexity index is 274. The minimum atomic E-state index is 0.325. The molecule has 2 nitrogen and oxygen atoms in total. The second-order valence-corrected chi connectivity index (χ2v) is 7.34. The summed E-state index contributed by atoms with van der Waals surface area (Å²) in [6, 6.07) is 0. The van der Waals surface area contributed by atoms with Crippen molar-refractivity contribution in [2.75, 3.05) is 13.1 Å². The summed E-state index contributed by atoms with van der Waals surface area (Å²) in [5.74, 6) is 2.26. The molecule has 3 unspecified atom stereocenters. The van der Waals surface area contributed by atoms with Gasteiger partial charge in [0, 0.05) is 19.0 Å². The fraction of sp³-hybridized carbons (Fsp3) is 0.950. The summed E-state index contributed by atoms with van der Waals surface area (Å²) in [7, 11) is 0. The molecule has 1 aliphatic heterocycles. The highest BCUT2D eigenvalue weighted by atomic mass is 16.2. The monoisotopic (exact) mass is 309 g/mol. The van der Waals surface area contributed by atoms with Crippen LogP contribution in [-0.2, 0) is 4.79 Å². The Labute approximate surface area is 139 Å². The van der Waals surface area contributed by atoms with Crippen molar-refractivity contribution in [3.63, 3.8) is 0 Å². The van der Waals surface area contributed by atoms with Crippen LogP contribution in [0.2, 0.25) is 0 Å². The smallest absolute Gasteiger partial charge is 0.225 e. The van der Waals surface area contributed by atoms with Gasteiger partial charge in [-0.25, -0.2) is 0 Å². The van der Waals surface area contributed by atoms with E-state index in [1.807, 2.05) is 0 Å². The highest BCUT2D eigenvalue weighted by Crippen LogP contribution is 2.30. The van der Waals surface area contributed by atoms with Crippen molar-refractivity contribution >= 4 is 5.91 Å². The molecule has 0 radical (unpaired) electrons. The van der Waals surface area contributed by atoms with E-state index in [1.54, 1.807) is 0 Å². The Kier molecular flexibility index (Phi) is 9.82. The lowest BCUT2D eigenvalue weighted by atomic mass is 9.88. The Morgan fingerprint density at radius 1 is 1.00 bits per heavy atom. The number of hydrogen-bond acceptors (Lipinski definition) is 1. The number of hydrogen-bond donors (Lipinski definition) is 0. The quantitative estimate of drug-likeness (QED) is 0.455. The second kappa shape index (κ2) is 11.1. The molecule has 0 aromatic heterocycles. The molecule has 1 amide bonds. The number of likely N-dealkylation sites (tertiary alicyclic amines) is 1. The topological polar surface area (TPSA) is 20.3 Å². The zero-order valence-electron chi connectivity index (χ0n) is 15.6. The fourth-order valence-electron chi connectivity index (χ4n) is 3.82. The first kappa shape index (κ1) is 19.5. The zero-order chi connectivity index (χ0) is 16.4. The first-order valence-corrected chi connectivity index (χ1v) is 9.94. The maximum atomic E-state index is 12.7. The number of carbonyl (C=O) groups is 1. The molecule has 1 rings (SSSR count). The van der Waals surface area contributed by atoms with Crippen LogP contribution in [0.4, 0.5) is 0 Å². The maximum absolute atomic E-state index is 12.7. The molecule has 0 N–H and O–H groups in total. The van der Waals surface area contributed by atoms with Crippen LogP contribution < -0.4 is 0 Å². The summed E-state index contributed by atoms with van der Waals surface area (Å²) in [5, 5.41) is 0. The van der Waals surface area contributed by atoms with Gasteiger partial charge in [0.15, 0.2) is 0 Å². The molecule has 0 saturated carbocycles. The highest BCUT2D eigenvalue weighted by Gasteiger charge is 2.33. The van der Waals surface area contributed by atoms with Gasteiger partial charge < -0.3 is 4.90 Å². The van der Waals surface area contributed by atoms with E-state index in [9.17, 15) is 4.79 Å². The summed E-state index contributed by atoms with van der Waals surface area (Å²) < 4.78 is 0. The first-order chi connectivity index (χ1) is 10.7. The first-order valence-electron chi connectivity index (χ1n) is 9.94. The predicted octanol–water partition coefficient (Wildman–Crippen LogP) is 5.66. The van der Waals surface area contributed by atoms with E-state index >= 15 is 0 Å². The molecule has 2 heteroatoms. The molecule has 0 bridgehead atoms. The molecule has 0 aromatic carbocycles. The Morgan fingerprint density at radius 2 is 1.59 bits per heavy atom. The van der Waals surface area contributed by atoms with Gasteiger partial charge in [0.25, 0.3) is 0 Å². The lowest BCUT2D eigenvalue weighted by Crippen LogP contribution is -2.32. The molecule has 0 aliphatic carbocycles. The van der Waals surface area contributed by atoms with Crippen LogP contribution in [0.3, 0.4) is 0 Å². The number of amides is 1. The van der Waals surface area contributed by atoms with Crippen molar-refractivity contribution in [3.8, 4) is 0 Å². The molecule has 1 saturated heterocycles. The number of carbonyl (C=O) groups excluding carboxylic acids is 1. The van der Waals surface area contributed by atoms with Crippen LogP contribution in [0.15, 0.2) is 0 Å². The van der Waals surface area contributed by atoms with Gasteiger partial charge in [-0.3, -0.25) is 4.79 Å².